The quantitative estimate of drug-likeness (QED) is 0.655. The fraction of sp³-hybridized carbons (Fsp3) is 0.611. The minimum absolute atomic E-state index is 0.00586. The molecule has 0 aliphatic heterocycles. The van der Waals surface area contributed by atoms with Gasteiger partial charge in [-0.2, -0.15) is 0 Å². The number of rotatable bonds is 10. The van der Waals surface area contributed by atoms with Gasteiger partial charge in [-0.15, -0.1) is 0 Å². The number of halogens is 1. The molecule has 5 nitrogen and oxygen atoms in total. The zero-order valence-electron chi connectivity index (χ0n) is 15.0. The summed E-state index contributed by atoms with van der Waals surface area (Å²) in [5, 5.41) is 0.639. The molecule has 0 heterocycles. The van der Waals surface area contributed by atoms with Crippen LogP contribution < -0.4 is 5.73 Å². The largest absolute Gasteiger partial charge is 0.351 e. The second-order valence-corrected chi connectivity index (χ2v) is 6.30. The lowest BCUT2D eigenvalue weighted by Gasteiger charge is -2.32. The standard InChI is InChI=1S/C18H29ClN2O3/c1-5-23-17(24-6-2)12-21(13(3)4)18(22)16(20)11-14-8-7-9-15(19)10-14/h7-10,13,16-17H,5-6,11-12,20H2,1-4H3. The van der Waals surface area contributed by atoms with Gasteiger partial charge in [0.05, 0.1) is 12.6 Å². The monoisotopic (exact) mass is 356 g/mol. The second-order valence-electron chi connectivity index (χ2n) is 5.87. The molecule has 1 atom stereocenters. The average molecular weight is 357 g/mol. The van der Waals surface area contributed by atoms with Crippen molar-refractivity contribution >= 4 is 17.5 Å². The highest BCUT2D eigenvalue weighted by Crippen LogP contribution is 2.14. The summed E-state index contributed by atoms with van der Waals surface area (Å²) in [7, 11) is 0. The molecule has 1 aromatic carbocycles. The third-order valence-electron chi connectivity index (χ3n) is 3.62. The van der Waals surface area contributed by atoms with E-state index in [0.29, 0.717) is 31.2 Å². The number of amides is 1. The zero-order chi connectivity index (χ0) is 18.1. The predicted octanol–water partition coefficient (Wildman–Crippen LogP) is 2.85. The Balaban J connectivity index is 2.77. The van der Waals surface area contributed by atoms with Gasteiger partial charge < -0.3 is 20.1 Å². The third-order valence-corrected chi connectivity index (χ3v) is 3.85. The first-order valence-corrected chi connectivity index (χ1v) is 8.80. The van der Waals surface area contributed by atoms with E-state index in [4.69, 9.17) is 26.8 Å². The van der Waals surface area contributed by atoms with Crippen molar-refractivity contribution < 1.29 is 14.3 Å². The summed E-state index contributed by atoms with van der Waals surface area (Å²) in [6.45, 7) is 9.13. The van der Waals surface area contributed by atoms with E-state index < -0.39 is 12.3 Å². The van der Waals surface area contributed by atoms with Crippen molar-refractivity contribution in [2.75, 3.05) is 19.8 Å². The number of benzene rings is 1. The maximum atomic E-state index is 12.8. The van der Waals surface area contributed by atoms with Crippen LogP contribution in [0.15, 0.2) is 24.3 Å². The van der Waals surface area contributed by atoms with E-state index in [9.17, 15) is 4.79 Å². The summed E-state index contributed by atoms with van der Waals surface area (Å²) >= 11 is 5.99. The highest BCUT2D eigenvalue weighted by molar-refractivity contribution is 6.30. The summed E-state index contributed by atoms with van der Waals surface area (Å²) < 4.78 is 11.1. The average Bonchev–Trinajstić information content (AvgIpc) is 2.52. The lowest BCUT2D eigenvalue weighted by Crippen LogP contribution is -2.51. The van der Waals surface area contributed by atoms with Gasteiger partial charge in [0.2, 0.25) is 5.91 Å². The Morgan fingerprint density at radius 1 is 1.25 bits per heavy atom. The van der Waals surface area contributed by atoms with Crippen LogP contribution in [0.25, 0.3) is 0 Å². The molecule has 6 heteroatoms. The zero-order valence-corrected chi connectivity index (χ0v) is 15.8. The Morgan fingerprint density at radius 2 is 1.88 bits per heavy atom. The fourth-order valence-electron chi connectivity index (χ4n) is 2.46. The maximum absolute atomic E-state index is 12.8. The van der Waals surface area contributed by atoms with E-state index in [0.717, 1.165) is 5.56 Å². The smallest absolute Gasteiger partial charge is 0.240 e. The van der Waals surface area contributed by atoms with Crippen molar-refractivity contribution in [3.63, 3.8) is 0 Å². The van der Waals surface area contributed by atoms with Crippen molar-refractivity contribution in [2.24, 2.45) is 5.73 Å². The number of carbonyl (C=O) groups is 1. The molecular formula is C18H29ClN2O3. The lowest BCUT2D eigenvalue weighted by atomic mass is 10.0. The molecule has 0 aromatic heterocycles. The molecule has 0 fully saturated rings. The highest BCUT2D eigenvalue weighted by Gasteiger charge is 2.26. The van der Waals surface area contributed by atoms with Crippen LogP contribution in [0.5, 0.6) is 0 Å². The first kappa shape index (κ1) is 20.9. The van der Waals surface area contributed by atoms with Crippen LogP contribution in [0, 0.1) is 0 Å². The number of hydrogen-bond acceptors (Lipinski definition) is 4. The van der Waals surface area contributed by atoms with E-state index >= 15 is 0 Å². The predicted molar refractivity (Wildman–Crippen MR) is 97.0 cm³/mol. The van der Waals surface area contributed by atoms with Crippen molar-refractivity contribution in [3.8, 4) is 0 Å². The van der Waals surface area contributed by atoms with Crippen LogP contribution in [0.4, 0.5) is 0 Å². The molecule has 1 amide bonds. The lowest BCUT2D eigenvalue weighted by molar-refractivity contribution is -0.162. The van der Waals surface area contributed by atoms with Crippen LogP contribution in [0.3, 0.4) is 0 Å². The summed E-state index contributed by atoms with van der Waals surface area (Å²) in [6.07, 6.45) is 0.000947. The molecule has 1 unspecified atom stereocenters. The van der Waals surface area contributed by atoms with Crippen molar-refractivity contribution in [2.45, 2.75) is 52.5 Å². The topological polar surface area (TPSA) is 64.8 Å². The molecule has 0 aliphatic carbocycles. The Labute approximate surface area is 150 Å². The Hall–Kier alpha value is -1.14. The van der Waals surface area contributed by atoms with Gasteiger partial charge in [-0.1, -0.05) is 23.7 Å². The Kier molecular flexibility index (Phi) is 9.29. The minimum Gasteiger partial charge on any atom is -0.351 e. The summed E-state index contributed by atoms with van der Waals surface area (Å²) in [5.74, 6) is -0.116. The van der Waals surface area contributed by atoms with Crippen molar-refractivity contribution in [1.29, 1.82) is 0 Å². The highest BCUT2D eigenvalue weighted by atomic mass is 35.5. The van der Waals surface area contributed by atoms with Crippen LogP contribution in [-0.4, -0.2) is 48.9 Å². The number of hydrogen-bond donors (Lipinski definition) is 1. The van der Waals surface area contributed by atoms with E-state index in [2.05, 4.69) is 0 Å². The molecule has 1 aromatic rings. The van der Waals surface area contributed by atoms with Gasteiger partial charge in [0, 0.05) is 24.3 Å². The van der Waals surface area contributed by atoms with Crippen LogP contribution in [-0.2, 0) is 20.7 Å². The normalized spacial score (nSPS) is 12.7. The van der Waals surface area contributed by atoms with Gasteiger partial charge in [-0.25, -0.2) is 0 Å². The first-order valence-electron chi connectivity index (χ1n) is 8.42. The molecular weight excluding hydrogens is 328 g/mol. The van der Waals surface area contributed by atoms with Crippen LogP contribution in [0.1, 0.15) is 33.3 Å². The minimum atomic E-state index is -0.630. The van der Waals surface area contributed by atoms with Gasteiger partial charge in [0.15, 0.2) is 6.29 Å². The summed E-state index contributed by atoms with van der Waals surface area (Å²) in [6, 6.07) is 6.78. The third kappa shape index (κ3) is 6.77. The van der Waals surface area contributed by atoms with Gasteiger partial charge in [-0.05, 0) is 51.8 Å². The molecule has 24 heavy (non-hydrogen) atoms. The summed E-state index contributed by atoms with van der Waals surface area (Å²) in [5.41, 5.74) is 7.09. The van der Waals surface area contributed by atoms with E-state index in [1.807, 2.05) is 45.9 Å². The number of ether oxygens (including phenoxy) is 2. The maximum Gasteiger partial charge on any atom is 0.240 e. The second kappa shape index (κ2) is 10.7. The van der Waals surface area contributed by atoms with E-state index in [-0.39, 0.29) is 11.9 Å². The molecule has 0 radical (unpaired) electrons. The SMILES string of the molecule is CCOC(CN(C(=O)C(N)Cc1cccc(Cl)c1)C(C)C)OCC. The van der Waals surface area contributed by atoms with Crippen LogP contribution >= 0.6 is 11.6 Å². The molecule has 0 aliphatic rings. The molecule has 136 valence electrons. The molecule has 0 bridgehead atoms. The van der Waals surface area contributed by atoms with Crippen molar-refractivity contribution in [3.05, 3.63) is 34.9 Å². The van der Waals surface area contributed by atoms with Gasteiger partial charge in [-0.3, -0.25) is 4.79 Å². The number of nitrogens with zero attached hydrogens (tertiary/aromatic N) is 1. The molecule has 0 saturated heterocycles. The fourth-order valence-corrected chi connectivity index (χ4v) is 2.67. The molecule has 0 spiro atoms. The van der Waals surface area contributed by atoms with Gasteiger partial charge in [0.1, 0.15) is 0 Å². The van der Waals surface area contributed by atoms with Gasteiger partial charge in [0.25, 0.3) is 0 Å². The summed E-state index contributed by atoms with van der Waals surface area (Å²) in [4.78, 5) is 14.5. The van der Waals surface area contributed by atoms with Crippen molar-refractivity contribution in [1.82, 2.24) is 4.90 Å². The van der Waals surface area contributed by atoms with Crippen LogP contribution in [0.2, 0.25) is 5.02 Å². The van der Waals surface area contributed by atoms with E-state index in [1.54, 1.807) is 11.0 Å². The first-order chi connectivity index (χ1) is 11.4. The number of nitrogens with two attached hydrogens (primary N) is 1. The number of carbonyl (C=O) groups excluding carboxylic acids is 1. The Morgan fingerprint density at radius 3 is 2.38 bits per heavy atom. The molecule has 1 rings (SSSR count). The van der Waals surface area contributed by atoms with Gasteiger partial charge >= 0.3 is 0 Å². The molecule has 2 N–H and O–H groups in total. The molecule has 0 saturated carbocycles. The van der Waals surface area contributed by atoms with E-state index in [1.165, 1.54) is 0 Å². The Bertz CT molecular complexity index is 505.